The predicted molar refractivity (Wildman–Crippen MR) is 79.2 cm³/mol. The SMILES string of the molecule is COc1cc(/C=N\n2c(C)n[nH]c2=S)ccc1OCC#N. The Kier molecular flexibility index (Phi) is 4.68. The van der Waals surface area contributed by atoms with Crippen LogP contribution in [-0.4, -0.2) is 34.8 Å². The molecule has 0 spiro atoms. The van der Waals surface area contributed by atoms with Crippen LogP contribution >= 0.6 is 12.2 Å². The van der Waals surface area contributed by atoms with Crippen LogP contribution in [0.5, 0.6) is 11.5 Å². The minimum Gasteiger partial charge on any atom is -0.493 e. The van der Waals surface area contributed by atoms with E-state index in [4.69, 9.17) is 27.0 Å². The molecule has 0 bridgehead atoms. The predicted octanol–water partition coefficient (Wildman–Crippen LogP) is 2.04. The molecular weight excluding hydrogens is 290 g/mol. The van der Waals surface area contributed by atoms with Crippen molar-refractivity contribution in [1.82, 2.24) is 14.9 Å². The van der Waals surface area contributed by atoms with Crippen molar-refractivity contribution in [3.8, 4) is 17.6 Å². The van der Waals surface area contributed by atoms with Crippen LogP contribution in [0.4, 0.5) is 0 Å². The van der Waals surface area contributed by atoms with Gasteiger partial charge in [0.05, 0.1) is 13.3 Å². The van der Waals surface area contributed by atoms with Crippen molar-refractivity contribution in [3.63, 3.8) is 0 Å². The third-order valence-electron chi connectivity index (χ3n) is 2.61. The van der Waals surface area contributed by atoms with Crippen LogP contribution in [0.3, 0.4) is 0 Å². The molecule has 1 aromatic carbocycles. The highest BCUT2D eigenvalue weighted by molar-refractivity contribution is 7.71. The fraction of sp³-hybridized carbons (Fsp3) is 0.231. The molecule has 2 aromatic rings. The topological polar surface area (TPSA) is 88.2 Å². The van der Waals surface area contributed by atoms with E-state index in [0.29, 0.717) is 22.1 Å². The summed E-state index contributed by atoms with van der Waals surface area (Å²) in [6.07, 6.45) is 1.63. The smallest absolute Gasteiger partial charge is 0.216 e. The lowest BCUT2D eigenvalue weighted by atomic mass is 10.2. The summed E-state index contributed by atoms with van der Waals surface area (Å²) >= 11 is 5.06. The Hall–Kier alpha value is -2.66. The molecule has 0 aliphatic carbocycles. The third-order valence-corrected chi connectivity index (χ3v) is 2.88. The Balaban J connectivity index is 2.25. The van der Waals surface area contributed by atoms with Gasteiger partial charge in [0.1, 0.15) is 11.9 Å². The first-order valence-corrected chi connectivity index (χ1v) is 6.42. The molecule has 1 N–H and O–H groups in total. The van der Waals surface area contributed by atoms with Crippen molar-refractivity contribution in [1.29, 1.82) is 5.26 Å². The van der Waals surface area contributed by atoms with E-state index in [2.05, 4.69) is 15.3 Å². The summed E-state index contributed by atoms with van der Waals surface area (Å²) in [5.74, 6) is 1.70. The largest absolute Gasteiger partial charge is 0.493 e. The highest BCUT2D eigenvalue weighted by Gasteiger charge is 2.05. The molecule has 0 aliphatic heterocycles. The molecule has 0 radical (unpaired) electrons. The second-order valence-electron chi connectivity index (χ2n) is 3.99. The molecule has 108 valence electrons. The molecule has 0 unspecified atom stereocenters. The number of aromatic amines is 1. The van der Waals surface area contributed by atoms with Crippen LogP contribution in [-0.2, 0) is 0 Å². The van der Waals surface area contributed by atoms with E-state index in [1.54, 1.807) is 31.3 Å². The van der Waals surface area contributed by atoms with E-state index in [1.165, 1.54) is 11.8 Å². The van der Waals surface area contributed by atoms with Crippen LogP contribution in [0, 0.1) is 23.0 Å². The number of nitriles is 1. The normalized spacial score (nSPS) is 10.5. The third kappa shape index (κ3) is 3.46. The van der Waals surface area contributed by atoms with Crippen LogP contribution in [0.1, 0.15) is 11.4 Å². The van der Waals surface area contributed by atoms with E-state index < -0.39 is 0 Å². The van der Waals surface area contributed by atoms with E-state index in [1.807, 2.05) is 6.07 Å². The van der Waals surface area contributed by atoms with Gasteiger partial charge in [-0.1, -0.05) is 0 Å². The summed E-state index contributed by atoms with van der Waals surface area (Å²) in [6, 6.07) is 7.19. The van der Waals surface area contributed by atoms with Crippen LogP contribution in [0.15, 0.2) is 23.3 Å². The molecule has 21 heavy (non-hydrogen) atoms. The molecule has 0 fully saturated rings. The number of H-pyrrole nitrogens is 1. The van der Waals surface area contributed by atoms with Gasteiger partial charge < -0.3 is 9.47 Å². The van der Waals surface area contributed by atoms with Crippen LogP contribution in [0.2, 0.25) is 0 Å². The Morgan fingerprint density at radius 2 is 2.33 bits per heavy atom. The molecule has 0 atom stereocenters. The first-order valence-electron chi connectivity index (χ1n) is 6.02. The maximum Gasteiger partial charge on any atom is 0.216 e. The summed E-state index contributed by atoms with van der Waals surface area (Å²) in [5.41, 5.74) is 0.804. The minimum absolute atomic E-state index is 0.0346. The monoisotopic (exact) mass is 303 g/mol. The van der Waals surface area contributed by atoms with E-state index >= 15 is 0 Å². The van der Waals surface area contributed by atoms with Crippen molar-refractivity contribution in [3.05, 3.63) is 34.4 Å². The number of hydrogen-bond donors (Lipinski definition) is 1. The van der Waals surface area contributed by atoms with Crippen LogP contribution < -0.4 is 9.47 Å². The minimum atomic E-state index is -0.0346. The van der Waals surface area contributed by atoms with Crippen molar-refractivity contribution < 1.29 is 9.47 Å². The first kappa shape index (κ1) is 14.7. The number of ether oxygens (including phenoxy) is 2. The number of benzene rings is 1. The number of aryl methyl sites for hydroxylation is 1. The lowest BCUT2D eigenvalue weighted by molar-refractivity contribution is 0.329. The van der Waals surface area contributed by atoms with Crippen molar-refractivity contribution in [2.45, 2.75) is 6.92 Å². The Labute approximate surface area is 126 Å². The van der Waals surface area contributed by atoms with E-state index in [9.17, 15) is 0 Å². The number of hydrogen-bond acceptors (Lipinski definition) is 6. The van der Waals surface area contributed by atoms with Gasteiger partial charge in [-0.2, -0.15) is 20.1 Å². The average molecular weight is 303 g/mol. The lowest BCUT2D eigenvalue weighted by Crippen LogP contribution is -1.98. The van der Waals surface area contributed by atoms with Gasteiger partial charge in [0, 0.05) is 0 Å². The molecule has 0 saturated carbocycles. The number of methoxy groups -OCH3 is 1. The van der Waals surface area contributed by atoms with Crippen molar-refractivity contribution in [2.24, 2.45) is 5.10 Å². The lowest BCUT2D eigenvalue weighted by Gasteiger charge is -2.08. The van der Waals surface area contributed by atoms with Gasteiger partial charge >= 0.3 is 0 Å². The zero-order valence-electron chi connectivity index (χ0n) is 11.5. The van der Waals surface area contributed by atoms with Gasteiger partial charge in [0.25, 0.3) is 0 Å². The quantitative estimate of drug-likeness (QED) is 0.674. The van der Waals surface area contributed by atoms with Gasteiger partial charge in [0.2, 0.25) is 4.77 Å². The Bertz CT molecular complexity index is 757. The second kappa shape index (κ2) is 6.67. The number of rotatable bonds is 5. The molecule has 0 aliphatic rings. The Morgan fingerprint density at radius 3 is 2.95 bits per heavy atom. The molecule has 1 heterocycles. The van der Waals surface area contributed by atoms with Gasteiger partial charge in [-0.05, 0) is 42.9 Å². The summed E-state index contributed by atoms with van der Waals surface area (Å²) in [4.78, 5) is 0. The zero-order chi connectivity index (χ0) is 15.2. The number of nitrogens with zero attached hydrogens (tertiary/aromatic N) is 4. The average Bonchev–Trinajstić information content (AvgIpc) is 2.82. The molecule has 7 nitrogen and oxygen atoms in total. The molecule has 1 aromatic heterocycles. The summed E-state index contributed by atoms with van der Waals surface area (Å²) in [6.45, 7) is 1.76. The van der Waals surface area contributed by atoms with E-state index in [-0.39, 0.29) is 6.61 Å². The first-order chi connectivity index (χ1) is 10.2. The van der Waals surface area contributed by atoms with Crippen molar-refractivity contribution >= 4 is 18.4 Å². The van der Waals surface area contributed by atoms with Gasteiger partial charge in [-0.15, -0.1) is 0 Å². The molecule has 8 heteroatoms. The molecule has 0 saturated heterocycles. The fourth-order valence-electron chi connectivity index (χ4n) is 1.62. The summed E-state index contributed by atoms with van der Waals surface area (Å²) in [7, 11) is 1.53. The second-order valence-corrected chi connectivity index (χ2v) is 4.38. The standard InChI is InChI=1S/C13H13N5O2S/c1-9-16-17-13(21)18(9)15-8-10-3-4-11(20-6-5-14)12(7-10)19-2/h3-4,7-8H,6H2,1-2H3,(H,17,21)/b15-8-. The van der Waals surface area contributed by atoms with E-state index in [0.717, 1.165) is 5.56 Å². The van der Waals surface area contributed by atoms with Crippen molar-refractivity contribution in [2.75, 3.05) is 13.7 Å². The van der Waals surface area contributed by atoms with Gasteiger partial charge in [0.15, 0.2) is 18.1 Å². The molecule has 2 rings (SSSR count). The number of aromatic nitrogens is 3. The molecule has 0 amide bonds. The highest BCUT2D eigenvalue weighted by atomic mass is 32.1. The van der Waals surface area contributed by atoms with Gasteiger partial charge in [-0.3, -0.25) is 5.10 Å². The zero-order valence-corrected chi connectivity index (χ0v) is 12.3. The maximum atomic E-state index is 8.53. The maximum absolute atomic E-state index is 8.53. The Morgan fingerprint density at radius 1 is 1.52 bits per heavy atom. The molecular formula is C13H13N5O2S. The summed E-state index contributed by atoms with van der Waals surface area (Å²) in [5, 5.41) is 19.4. The van der Waals surface area contributed by atoms with Gasteiger partial charge in [-0.25, -0.2) is 0 Å². The van der Waals surface area contributed by atoms with Crippen LogP contribution in [0.25, 0.3) is 0 Å². The highest BCUT2D eigenvalue weighted by Crippen LogP contribution is 2.27. The number of nitrogens with one attached hydrogen (secondary N) is 1. The fourth-order valence-corrected chi connectivity index (χ4v) is 1.85. The summed E-state index contributed by atoms with van der Waals surface area (Å²) < 4.78 is 12.4.